The van der Waals surface area contributed by atoms with Crippen LogP contribution in [0.5, 0.6) is 0 Å². The molecule has 0 aliphatic rings. The molecule has 13 aromatic rings. The summed E-state index contributed by atoms with van der Waals surface area (Å²) in [7, 11) is 0. The molecule has 11 aromatic carbocycles. The van der Waals surface area contributed by atoms with Gasteiger partial charge in [-0.05, 0) is 117 Å². The van der Waals surface area contributed by atoms with Crippen LogP contribution in [0.1, 0.15) is 0 Å². The summed E-state index contributed by atoms with van der Waals surface area (Å²) in [6.07, 6.45) is 0. The first-order valence-corrected chi connectivity index (χ1v) is 21.7. The summed E-state index contributed by atoms with van der Waals surface area (Å²) in [6, 6.07) is 86.5. The van der Waals surface area contributed by atoms with Crippen LogP contribution in [0.2, 0.25) is 0 Å². The predicted molar refractivity (Wildman–Crippen MR) is 268 cm³/mol. The Balaban J connectivity index is 0.931. The molecule has 2 heterocycles. The monoisotopic (exact) mass is 801 g/mol. The molecule has 3 heteroatoms. The van der Waals surface area contributed by atoms with E-state index in [0.717, 1.165) is 28.4 Å². The maximum atomic E-state index is 2.43. The highest BCUT2D eigenvalue weighted by Crippen LogP contribution is 2.42. The first kappa shape index (κ1) is 35.4. The van der Waals surface area contributed by atoms with Crippen LogP contribution in [0.25, 0.3) is 98.4 Å². The summed E-state index contributed by atoms with van der Waals surface area (Å²) in [5, 5.41) is 12.5. The Labute approximate surface area is 364 Å². The number of benzene rings is 11. The number of anilines is 3. The van der Waals surface area contributed by atoms with Crippen LogP contribution in [0, 0.1) is 0 Å². The lowest BCUT2D eigenvalue weighted by Crippen LogP contribution is -2.10. The second-order valence-corrected chi connectivity index (χ2v) is 16.5. The van der Waals surface area contributed by atoms with Gasteiger partial charge in [-0.3, -0.25) is 0 Å². The fraction of sp³-hybridized carbons (Fsp3) is 0. The maximum absolute atomic E-state index is 2.43. The third kappa shape index (κ3) is 5.60. The van der Waals surface area contributed by atoms with Crippen LogP contribution >= 0.6 is 0 Å². The van der Waals surface area contributed by atoms with Crippen LogP contribution in [0.4, 0.5) is 17.1 Å². The van der Waals surface area contributed by atoms with Crippen molar-refractivity contribution in [2.45, 2.75) is 0 Å². The Morgan fingerprint density at radius 3 is 1.49 bits per heavy atom. The molecule has 63 heavy (non-hydrogen) atoms. The number of aromatic nitrogens is 2. The van der Waals surface area contributed by atoms with Gasteiger partial charge in [0.15, 0.2) is 0 Å². The van der Waals surface area contributed by atoms with Crippen molar-refractivity contribution in [2.75, 3.05) is 4.90 Å². The van der Waals surface area contributed by atoms with E-state index in [1.54, 1.807) is 0 Å². The Morgan fingerprint density at radius 2 is 0.730 bits per heavy atom. The van der Waals surface area contributed by atoms with E-state index in [-0.39, 0.29) is 0 Å². The second-order valence-electron chi connectivity index (χ2n) is 16.5. The van der Waals surface area contributed by atoms with E-state index in [1.807, 2.05) is 0 Å². The first-order valence-electron chi connectivity index (χ1n) is 21.7. The molecular formula is C60H39N3. The van der Waals surface area contributed by atoms with Gasteiger partial charge in [0.2, 0.25) is 0 Å². The number of hydrogen-bond donors (Lipinski definition) is 0. The minimum atomic E-state index is 1.10. The van der Waals surface area contributed by atoms with Gasteiger partial charge >= 0.3 is 0 Å². The summed E-state index contributed by atoms with van der Waals surface area (Å²) in [5.41, 5.74) is 12.8. The molecule has 2 aromatic heterocycles. The number of nitrogens with zero attached hydrogens (tertiary/aromatic N) is 3. The highest BCUT2D eigenvalue weighted by molar-refractivity contribution is 6.18. The molecule has 13 rings (SSSR count). The number of para-hydroxylation sites is 3. The van der Waals surface area contributed by atoms with Gasteiger partial charge < -0.3 is 14.0 Å². The molecule has 0 amide bonds. The highest BCUT2D eigenvalue weighted by atomic mass is 15.1. The zero-order chi connectivity index (χ0) is 41.4. The molecule has 0 radical (unpaired) electrons. The van der Waals surface area contributed by atoms with Gasteiger partial charge in [0.05, 0.1) is 22.1 Å². The predicted octanol–water partition coefficient (Wildman–Crippen LogP) is 16.5. The fourth-order valence-electron chi connectivity index (χ4n) is 10.1. The molecule has 0 aliphatic carbocycles. The molecule has 0 unspecified atom stereocenters. The first-order chi connectivity index (χ1) is 31.2. The van der Waals surface area contributed by atoms with Crippen LogP contribution in [-0.4, -0.2) is 9.13 Å². The average molecular weight is 802 g/mol. The molecule has 0 atom stereocenters. The molecule has 294 valence electrons. The second kappa shape index (κ2) is 14.1. The van der Waals surface area contributed by atoms with Crippen LogP contribution < -0.4 is 4.90 Å². The lowest BCUT2D eigenvalue weighted by atomic mass is 10.0. The number of rotatable bonds is 6. The van der Waals surface area contributed by atoms with E-state index in [0.29, 0.717) is 0 Å². The van der Waals surface area contributed by atoms with Crippen molar-refractivity contribution in [3.63, 3.8) is 0 Å². The topological polar surface area (TPSA) is 13.1 Å². The minimum Gasteiger partial charge on any atom is -0.310 e. The van der Waals surface area contributed by atoms with Gasteiger partial charge in [0, 0.05) is 55.4 Å². The van der Waals surface area contributed by atoms with E-state index < -0.39 is 0 Å². The zero-order valence-corrected chi connectivity index (χ0v) is 34.4. The zero-order valence-electron chi connectivity index (χ0n) is 34.4. The van der Waals surface area contributed by atoms with Crippen molar-refractivity contribution in [2.24, 2.45) is 0 Å². The van der Waals surface area contributed by atoms with E-state index in [1.165, 1.54) is 87.1 Å². The van der Waals surface area contributed by atoms with Gasteiger partial charge in [-0.15, -0.1) is 0 Å². The standard InChI is InChI=1S/C60H39N3/c1-2-14-45(15-3-1)62-57-20-10-9-19-54(57)56-39-49(34-37-59(56)62)61(48-33-36-51-44(38-48)23-22-42-12-4-6-16-50(42)51)46-29-24-40(25-30-46)41-26-31-47(32-27-41)63-58-21-11-8-18-53(58)55-35-28-43-13-5-7-17-52(43)60(55)63/h1-39H. The number of fused-ring (bicyclic) bond motifs is 11. The molecule has 3 nitrogen and oxygen atoms in total. The van der Waals surface area contributed by atoms with Gasteiger partial charge in [-0.25, -0.2) is 0 Å². The molecule has 0 aliphatic heterocycles. The SMILES string of the molecule is c1ccc(-n2c3ccccc3c3cc(N(c4ccc(-c5ccc(-n6c7ccccc7c7ccc8ccccc8c76)cc5)cc4)c4ccc5c(ccc6ccccc65)c4)ccc32)cc1. The summed E-state index contributed by atoms with van der Waals surface area (Å²) in [6.45, 7) is 0. The molecular weight excluding hydrogens is 763 g/mol. The van der Waals surface area contributed by atoms with Crippen molar-refractivity contribution >= 4 is 93.0 Å². The Morgan fingerprint density at radius 1 is 0.254 bits per heavy atom. The fourth-order valence-corrected chi connectivity index (χ4v) is 10.1. The third-order valence-corrected chi connectivity index (χ3v) is 13.1. The van der Waals surface area contributed by atoms with Gasteiger partial charge in [-0.2, -0.15) is 0 Å². The molecule has 0 saturated heterocycles. The quantitative estimate of drug-likeness (QED) is 0.153. The normalized spacial score (nSPS) is 11.8. The smallest absolute Gasteiger partial charge is 0.0619 e. The van der Waals surface area contributed by atoms with E-state index >= 15 is 0 Å². The lowest BCUT2D eigenvalue weighted by Gasteiger charge is -2.26. The van der Waals surface area contributed by atoms with Crippen molar-refractivity contribution in [1.29, 1.82) is 0 Å². The number of hydrogen-bond acceptors (Lipinski definition) is 1. The Kier molecular flexibility index (Phi) is 7.91. The lowest BCUT2D eigenvalue weighted by molar-refractivity contribution is 1.18. The van der Waals surface area contributed by atoms with Gasteiger partial charge in [0.1, 0.15) is 0 Å². The maximum Gasteiger partial charge on any atom is 0.0619 e. The van der Waals surface area contributed by atoms with Crippen molar-refractivity contribution in [3.8, 4) is 22.5 Å². The summed E-state index contributed by atoms with van der Waals surface area (Å²) < 4.78 is 4.81. The van der Waals surface area contributed by atoms with Crippen LogP contribution in [-0.2, 0) is 0 Å². The van der Waals surface area contributed by atoms with E-state index in [9.17, 15) is 0 Å². The van der Waals surface area contributed by atoms with Crippen LogP contribution in [0.3, 0.4) is 0 Å². The Hall–Kier alpha value is -8.40. The van der Waals surface area contributed by atoms with Crippen molar-refractivity contribution in [1.82, 2.24) is 9.13 Å². The molecule has 0 spiro atoms. The van der Waals surface area contributed by atoms with Crippen molar-refractivity contribution < 1.29 is 0 Å². The largest absolute Gasteiger partial charge is 0.310 e. The molecule has 0 N–H and O–H groups in total. The molecule has 0 saturated carbocycles. The average Bonchev–Trinajstić information content (AvgIpc) is 3.88. The summed E-state index contributed by atoms with van der Waals surface area (Å²) in [5.74, 6) is 0. The third-order valence-electron chi connectivity index (χ3n) is 13.1. The highest BCUT2D eigenvalue weighted by Gasteiger charge is 2.19. The summed E-state index contributed by atoms with van der Waals surface area (Å²) in [4.78, 5) is 2.40. The van der Waals surface area contributed by atoms with Gasteiger partial charge in [-0.1, -0.05) is 158 Å². The van der Waals surface area contributed by atoms with E-state index in [2.05, 4.69) is 251 Å². The van der Waals surface area contributed by atoms with Crippen LogP contribution in [0.15, 0.2) is 237 Å². The van der Waals surface area contributed by atoms with E-state index in [4.69, 9.17) is 0 Å². The van der Waals surface area contributed by atoms with Gasteiger partial charge in [0.25, 0.3) is 0 Å². The Bertz CT molecular complexity index is 3890. The van der Waals surface area contributed by atoms with Crippen molar-refractivity contribution in [3.05, 3.63) is 237 Å². The summed E-state index contributed by atoms with van der Waals surface area (Å²) >= 11 is 0. The molecule has 0 fully saturated rings. The minimum absolute atomic E-state index is 1.10. The molecule has 0 bridgehead atoms.